The van der Waals surface area contributed by atoms with Crippen LogP contribution in [0.1, 0.15) is 0 Å². The Morgan fingerprint density at radius 1 is 1.20 bits per heavy atom. The van der Waals surface area contributed by atoms with Gasteiger partial charge in [0.1, 0.15) is 12.1 Å². The molecule has 2 heterocycles. The molecule has 11 heteroatoms. The fourth-order valence-corrected chi connectivity index (χ4v) is 3.42. The lowest BCUT2D eigenvalue weighted by Crippen LogP contribution is -2.35. The molecule has 0 saturated heterocycles. The molecule has 1 aliphatic rings. The number of rotatable bonds is 6. The van der Waals surface area contributed by atoms with Crippen molar-refractivity contribution in [2.45, 2.75) is 5.16 Å². The quantitative estimate of drug-likeness (QED) is 0.576. The first-order chi connectivity index (χ1) is 14.6. The number of benzene rings is 2. The number of methoxy groups -OCH3 is 1. The molecule has 0 atom stereocenters. The Hall–Kier alpha value is -3.73. The minimum Gasteiger partial charge on any atom is -0.497 e. The lowest BCUT2D eigenvalue weighted by molar-refractivity contribution is -0.117. The van der Waals surface area contributed by atoms with E-state index in [2.05, 4.69) is 20.8 Å². The standard InChI is InChI=1S/C19H17N5O5S/c1-27-14-4-2-3-13(8-14)24-10-20-23-19(24)30-9-17(25)22-18(26)21-12-5-6-15-16(7-12)29-11-28-15/h2-8,10H,9,11H2,1H3,(H2,21,22,25,26). The van der Waals surface area contributed by atoms with Crippen LogP contribution in [0.2, 0.25) is 0 Å². The highest BCUT2D eigenvalue weighted by Gasteiger charge is 2.16. The SMILES string of the molecule is COc1cccc(-n2cnnc2SCC(=O)NC(=O)Nc2ccc3c(c2)OCO3)c1. The Balaban J connectivity index is 1.32. The van der Waals surface area contributed by atoms with Crippen LogP contribution in [0.5, 0.6) is 17.2 Å². The van der Waals surface area contributed by atoms with E-state index in [1.54, 1.807) is 36.2 Å². The second-order valence-electron chi connectivity index (χ2n) is 6.04. The van der Waals surface area contributed by atoms with Crippen molar-refractivity contribution in [3.63, 3.8) is 0 Å². The summed E-state index contributed by atoms with van der Waals surface area (Å²) in [5.74, 6) is 1.34. The second-order valence-corrected chi connectivity index (χ2v) is 6.99. The summed E-state index contributed by atoms with van der Waals surface area (Å²) in [5, 5.41) is 13.3. The van der Waals surface area contributed by atoms with Crippen LogP contribution in [0.25, 0.3) is 5.69 Å². The number of carbonyl (C=O) groups is 2. The Morgan fingerprint density at radius 2 is 2.07 bits per heavy atom. The number of amides is 3. The molecule has 0 spiro atoms. The summed E-state index contributed by atoms with van der Waals surface area (Å²) in [4.78, 5) is 24.2. The molecule has 3 aromatic rings. The number of anilines is 1. The number of urea groups is 1. The maximum Gasteiger partial charge on any atom is 0.325 e. The van der Waals surface area contributed by atoms with E-state index in [0.29, 0.717) is 28.1 Å². The maximum absolute atomic E-state index is 12.2. The van der Waals surface area contributed by atoms with E-state index in [9.17, 15) is 9.59 Å². The molecule has 3 amide bonds. The molecule has 154 valence electrons. The van der Waals surface area contributed by atoms with Gasteiger partial charge in [-0.3, -0.25) is 14.7 Å². The van der Waals surface area contributed by atoms with E-state index in [1.165, 1.54) is 0 Å². The predicted molar refractivity (Wildman–Crippen MR) is 108 cm³/mol. The second kappa shape index (κ2) is 8.74. The van der Waals surface area contributed by atoms with Crippen molar-refractivity contribution < 1.29 is 23.8 Å². The van der Waals surface area contributed by atoms with Gasteiger partial charge in [-0.05, 0) is 24.3 Å². The van der Waals surface area contributed by atoms with Crippen LogP contribution < -0.4 is 24.8 Å². The monoisotopic (exact) mass is 427 g/mol. The fraction of sp³-hybridized carbons (Fsp3) is 0.158. The van der Waals surface area contributed by atoms with Gasteiger partial charge in [-0.2, -0.15) is 0 Å². The molecule has 30 heavy (non-hydrogen) atoms. The van der Waals surface area contributed by atoms with Gasteiger partial charge in [-0.1, -0.05) is 17.8 Å². The van der Waals surface area contributed by atoms with Crippen LogP contribution in [0.3, 0.4) is 0 Å². The van der Waals surface area contributed by atoms with E-state index in [4.69, 9.17) is 14.2 Å². The van der Waals surface area contributed by atoms with Crippen LogP contribution >= 0.6 is 11.8 Å². The van der Waals surface area contributed by atoms with E-state index in [0.717, 1.165) is 17.4 Å². The minimum absolute atomic E-state index is 0.0166. The van der Waals surface area contributed by atoms with E-state index in [-0.39, 0.29) is 12.5 Å². The third-order valence-electron chi connectivity index (χ3n) is 4.06. The molecule has 1 aliphatic heterocycles. The fourth-order valence-electron chi connectivity index (χ4n) is 2.69. The van der Waals surface area contributed by atoms with Gasteiger partial charge in [0, 0.05) is 17.8 Å². The summed E-state index contributed by atoms with van der Waals surface area (Å²) < 4.78 is 17.4. The van der Waals surface area contributed by atoms with Gasteiger partial charge in [0.05, 0.1) is 18.6 Å². The number of hydrogen-bond donors (Lipinski definition) is 2. The van der Waals surface area contributed by atoms with Crippen molar-refractivity contribution in [1.29, 1.82) is 0 Å². The average molecular weight is 427 g/mol. The van der Waals surface area contributed by atoms with Crippen LogP contribution in [0.4, 0.5) is 10.5 Å². The number of hydrogen-bond acceptors (Lipinski definition) is 8. The lowest BCUT2D eigenvalue weighted by Gasteiger charge is -2.09. The van der Waals surface area contributed by atoms with Crippen LogP contribution in [0, 0.1) is 0 Å². The van der Waals surface area contributed by atoms with Crippen LogP contribution in [-0.4, -0.2) is 46.4 Å². The first kappa shape index (κ1) is 19.6. The molecule has 0 unspecified atom stereocenters. The largest absolute Gasteiger partial charge is 0.497 e. The van der Waals surface area contributed by atoms with Gasteiger partial charge in [-0.25, -0.2) is 4.79 Å². The Morgan fingerprint density at radius 3 is 2.93 bits per heavy atom. The van der Waals surface area contributed by atoms with Crippen molar-refractivity contribution >= 4 is 29.4 Å². The van der Waals surface area contributed by atoms with Crippen molar-refractivity contribution in [2.75, 3.05) is 25.0 Å². The predicted octanol–water partition coefficient (Wildman–Crippen LogP) is 2.45. The Bertz CT molecular complexity index is 1090. The summed E-state index contributed by atoms with van der Waals surface area (Å²) >= 11 is 1.15. The number of ether oxygens (including phenoxy) is 3. The number of imide groups is 1. The molecule has 4 rings (SSSR count). The van der Waals surface area contributed by atoms with Gasteiger partial charge in [0.15, 0.2) is 16.7 Å². The number of carbonyl (C=O) groups excluding carboxylic acids is 2. The van der Waals surface area contributed by atoms with Gasteiger partial charge < -0.3 is 19.5 Å². The molecular formula is C19H17N5O5S. The molecule has 2 N–H and O–H groups in total. The molecule has 10 nitrogen and oxygen atoms in total. The van der Waals surface area contributed by atoms with Crippen molar-refractivity contribution in [3.05, 3.63) is 48.8 Å². The zero-order valence-electron chi connectivity index (χ0n) is 15.8. The topological polar surface area (TPSA) is 117 Å². The highest BCUT2D eigenvalue weighted by atomic mass is 32.2. The maximum atomic E-state index is 12.2. The molecule has 0 fully saturated rings. The van der Waals surface area contributed by atoms with Crippen LogP contribution in [0.15, 0.2) is 53.9 Å². The molecule has 0 bridgehead atoms. The zero-order valence-corrected chi connectivity index (χ0v) is 16.6. The summed E-state index contributed by atoms with van der Waals surface area (Å²) in [6.07, 6.45) is 1.54. The number of aromatic nitrogens is 3. The van der Waals surface area contributed by atoms with Crippen molar-refractivity contribution in [3.8, 4) is 22.9 Å². The van der Waals surface area contributed by atoms with E-state index in [1.807, 2.05) is 24.3 Å². The molecule has 0 saturated carbocycles. The van der Waals surface area contributed by atoms with Gasteiger partial charge >= 0.3 is 6.03 Å². The molecule has 2 aromatic carbocycles. The number of nitrogens with zero attached hydrogens (tertiary/aromatic N) is 3. The summed E-state index contributed by atoms with van der Waals surface area (Å²) in [5.41, 5.74) is 1.28. The van der Waals surface area contributed by atoms with Crippen molar-refractivity contribution in [1.82, 2.24) is 20.1 Å². The number of thioether (sulfide) groups is 1. The normalized spacial score (nSPS) is 11.8. The third kappa shape index (κ3) is 4.46. The van der Waals surface area contributed by atoms with Crippen molar-refractivity contribution in [2.24, 2.45) is 0 Å². The zero-order chi connectivity index (χ0) is 20.9. The van der Waals surface area contributed by atoms with Crippen LogP contribution in [-0.2, 0) is 4.79 Å². The lowest BCUT2D eigenvalue weighted by atomic mass is 10.3. The first-order valence-corrected chi connectivity index (χ1v) is 9.78. The molecule has 0 aliphatic carbocycles. The average Bonchev–Trinajstić information content (AvgIpc) is 3.41. The highest BCUT2D eigenvalue weighted by molar-refractivity contribution is 7.99. The summed E-state index contributed by atoms with van der Waals surface area (Å²) in [6, 6.07) is 11.7. The van der Waals surface area contributed by atoms with Gasteiger partial charge in [-0.15, -0.1) is 10.2 Å². The smallest absolute Gasteiger partial charge is 0.325 e. The Kier molecular flexibility index (Phi) is 5.70. The minimum atomic E-state index is -0.645. The highest BCUT2D eigenvalue weighted by Crippen LogP contribution is 2.34. The third-order valence-corrected chi connectivity index (χ3v) is 5.01. The summed E-state index contributed by atoms with van der Waals surface area (Å²) in [6.45, 7) is 0.140. The van der Waals surface area contributed by atoms with E-state index >= 15 is 0 Å². The first-order valence-electron chi connectivity index (χ1n) is 8.80. The number of fused-ring (bicyclic) bond motifs is 1. The number of nitrogens with one attached hydrogen (secondary N) is 2. The summed E-state index contributed by atoms with van der Waals surface area (Å²) in [7, 11) is 1.58. The Labute approximate surface area is 175 Å². The molecule has 0 radical (unpaired) electrons. The molecule has 1 aromatic heterocycles. The van der Waals surface area contributed by atoms with Gasteiger partial charge in [0.2, 0.25) is 12.7 Å². The van der Waals surface area contributed by atoms with E-state index < -0.39 is 11.9 Å². The molecular weight excluding hydrogens is 410 g/mol. The van der Waals surface area contributed by atoms with Gasteiger partial charge in [0.25, 0.3) is 0 Å².